The predicted octanol–water partition coefficient (Wildman–Crippen LogP) is 1.98. The Balaban J connectivity index is 2.36. The van der Waals surface area contributed by atoms with Gasteiger partial charge in [-0.1, -0.05) is 12.1 Å². The minimum Gasteiger partial charge on any atom is -0.483 e. The van der Waals surface area contributed by atoms with Gasteiger partial charge in [-0.25, -0.2) is 0 Å². The number of halogens is 1. The molecule has 1 atom stereocenters. The lowest BCUT2D eigenvalue weighted by atomic mass is 10.3. The van der Waals surface area contributed by atoms with E-state index in [2.05, 4.69) is 21.2 Å². The summed E-state index contributed by atoms with van der Waals surface area (Å²) in [6, 6.07) is 7.38. The van der Waals surface area contributed by atoms with Gasteiger partial charge in [-0.3, -0.25) is 4.79 Å². The van der Waals surface area contributed by atoms with E-state index in [-0.39, 0.29) is 18.6 Å². The van der Waals surface area contributed by atoms with Crippen LogP contribution in [0.3, 0.4) is 0 Å². The number of nitrogens with one attached hydrogen (secondary N) is 1. The zero-order chi connectivity index (χ0) is 12.7. The van der Waals surface area contributed by atoms with Gasteiger partial charge in [-0.15, -0.1) is 0 Å². The van der Waals surface area contributed by atoms with Crippen molar-refractivity contribution in [2.75, 3.05) is 20.3 Å². The maximum atomic E-state index is 11.5. The van der Waals surface area contributed by atoms with E-state index in [9.17, 15) is 4.79 Å². The summed E-state index contributed by atoms with van der Waals surface area (Å²) >= 11 is 3.35. The first-order valence-corrected chi connectivity index (χ1v) is 6.08. The maximum absolute atomic E-state index is 11.5. The molecule has 0 heterocycles. The number of rotatable bonds is 6. The van der Waals surface area contributed by atoms with E-state index in [0.717, 1.165) is 4.47 Å². The Morgan fingerprint density at radius 1 is 1.47 bits per heavy atom. The fourth-order valence-corrected chi connectivity index (χ4v) is 1.71. The Labute approximate surface area is 109 Å². The van der Waals surface area contributed by atoms with Crippen molar-refractivity contribution in [1.29, 1.82) is 0 Å². The molecular formula is C12H16BrNO3. The number of methoxy groups -OCH3 is 1. The normalized spacial score (nSPS) is 11.9. The lowest BCUT2D eigenvalue weighted by Crippen LogP contribution is -2.38. The zero-order valence-electron chi connectivity index (χ0n) is 9.90. The van der Waals surface area contributed by atoms with Gasteiger partial charge in [0.25, 0.3) is 5.91 Å². The largest absolute Gasteiger partial charge is 0.483 e. The summed E-state index contributed by atoms with van der Waals surface area (Å²) in [5, 5.41) is 2.77. The van der Waals surface area contributed by atoms with Crippen LogP contribution in [0.15, 0.2) is 28.7 Å². The number of hydrogen-bond donors (Lipinski definition) is 1. The lowest BCUT2D eigenvalue weighted by molar-refractivity contribution is -0.124. The van der Waals surface area contributed by atoms with Crippen molar-refractivity contribution < 1.29 is 14.3 Å². The number of hydrogen-bond acceptors (Lipinski definition) is 3. The van der Waals surface area contributed by atoms with Crippen molar-refractivity contribution in [3.05, 3.63) is 28.7 Å². The second-order valence-electron chi connectivity index (χ2n) is 3.64. The van der Waals surface area contributed by atoms with E-state index in [4.69, 9.17) is 9.47 Å². The summed E-state index contributed by atoms with van der Waals surface area (Å²) in [5.74, 6) is 0.493. The van der Waals surface area contributed by atoms with Crippen LogP contribution in [-0.2, 0) is 9.53 Å². The van der Waals surface area contributed by atoms with Gasteiger partial charge in [0.2, 0.25) is 0 Å². The van der Waals surface area contributed by atoms with Crippen LogP contribution >= 0.6 is 15.9 Å². The van der Waals surface area contributed by atoms with Crippen LogP contribution in [0.1, 0.15) is 6.92 Å². The van der Waals surface area contributed by atoms with Crippen LogP contribution in [-0.4, -0.2) is 32.3 Å². The summed E-state index contributed by atoms with van der Waals surface area (Å²) in [6.07, 6.45) is 0. The smallest absolute Gasteiger partial charge is 0.258 e. The van der Waals surface area contributed by atoms with Crippen molar-refractivity contribution in [3.63, 3.8) is 0 Å². The highest BCUT2D eigenvalue weighted by molar-refractivity contribution is 9.10. The average molecular weight is 302 g/mol. The minimum absolute atomic E-state index is 0.00331. The van der Waals surface area contributed by atoms with Gasteiger partial charge in [-0.2, -0.15) is 0 Å². The Morgan fingerprint density at radius 2 is 2.18 bits per heavy atom. The number of benzene rings is 1. The Bertz CT molecular complexity index is 371. The highest BCUT2D eigenvalue weighted by atomic mass is 79.9. The van der Waals surface area contributed by atoms with Gasteiger partial charge < -0.3 is 14.8 Å². The Morgan fingerprint density at radius 3 is 2.82 bits per heavy atom. The van der Waals surface area contributed by atoms with Gasteiger partial charge in [0.1, 0.15) is 5.75 Å². The van der Waals surface area contributed by atoms with E-state index >= 15 is 0 Å². The molecule has 0 saturated carbocycles. The van der Waals surface area contributed by atoms with Crippen molar-refractivity contribution >= 4 is 21.8 Å². The SMILES string of the molecule is COCC(C)NC(=O)COc1ccccc1Br. The van der Waals surface area contributed by atoms with Crippen LogP contribution in [0.4, 0.5) is 0 Å². The predicted molar refractivity (Wildman–Crippen MR) is 69.1 cm³/mol. The Kier molecular flexibility index (Phi) is 6.00. The van der Waals surface area contributed by atoms with Gasteiger partial charge in [-0.05, 0) is 35.0 Å². The molecule has 0 aromatic heterocycles. The lowest BCUT2D eigenvalue weighted by Gasteiger charge is -2.13. The second kappa shape index (κ2) is 7.29. The molecule has 5 heteroatoms. The summed E-state index contributed by atoms with van der Waals surface area (Å²) in [6.45, 7) is 2.36. The first-order chi connectivity index (χ1) is 8.13. The molecule has 1 amide bonds. The number of amides is 1. The van der Waals surface area contributed by atoms with Gasteiger partial charge in [0.05, 0.1) is 11.1 Å². The molecule has 1 aromatic rings. The monoisotopic (exact) mass is 301 g/mol. The molecule has 0 bridgehead atoms. The third kappa shape index (κ3) is 5.19. The van der Waals surface area contributed by atoms with Crippen molar-refractivity contribution in [2.24, 2.45) is 0 Å². The number of para-hydroxylation sites is 1. The van der Waals surface area contributed by atoms with Crippen molar-refractivity contribution in [1.82, 2.24) is 5.32 Å². The second-order valence-corrected chi connectivity index (χ2v) is 4.50. The fraction of sp³-hybridized carbons (Fsp3) is 0.417. The Hall–Kier alpha value is -1.07. The van der Waals surface area contributed by atoms with Crippen LogP contribution in [0.5, 0.6) is 5.75 Å². The molecule has 94 valence electrons. The molecule has 1 N–H and O–H groups in total. The van der Waals surface area contributed by atoms with E-state index in [1.54, 1.807) is 13.2 Å². The highest BCUT2D eigenvalue weighted by Gasteiger charge is 2.08. The van der Waals surface area contributed by atoms with E-state index in [1.165, 1.54) is 0 Å². The molecule has 0 radical (unpaired) electrons. The third-order valence-electron chi connectivity index (χ3n) is 2.02. The molecule has 1 unspecified atom stereocenters. The molecule has 0 saturated heterocycles. The molecule has 0 spiro atoms. The number of carbonyl (C=O) groups excluding carboxylic acids is 1. The van der Waals surface area contributed by atoms with Crippen LogP contribution in [0.25, 0.3) is 0 Å². The first-order valence-electron chi connectivity index (χ1n) is 5.29. The van der Waals surface area contributed by atoms with Crippen molar-refractivity contribution in [2.45, 2.75) is 13.0 Å². The zero-order valence-corrected chi connectivity index (χ0v) is 11.5. The van der Waals surface area contributed by atoms with Crippen LogP contribution in [0.2, 0.25) is 0 Å². The summed E-state index contributed by atoms with van der Waals surface area (Å²) in [4.78, 5) is 11.5. The van der Waals surface area contributed by atoms with Crippen molar-refractivity contribution in [3.8, 4) is 5.75 Å². The van der Waals surface area contributed by atoms with Gasteiger partial charge in [0.15, 0.2) is 6.61 Å². The number of carbonyl (C=O) groups is 1. The molecule has 0 aliphatic rings. The average Bonchev–Trinajstić information content (AvgIpc) is 2.28. The molecule has 0 aliphatic carbocycles. The highest BCUT2D eigenvalue weighted by Crippen LogP contribution is 2.23. The van der Waals surface area contributed by atoms with E-state index < -0.39 is 0 Å². The summed E-state index contributed by atoms with van der Waals surface area (Å²) in [5.41, 5.74) is 0. The first kappa shape index (κ1) is 14.0. The molecule has 0 fully saturated rings. The third-order valence-corrected chi connectivity index (χ3v) is 2.67. The summed E-state index contributed by atoms with van der Waals surface area (Å²) in [7, 11) is 1.60. The van der Waals surface area contributed by atoms with Crippen LogP contribution < -0.4 is 10.1 Å². The van der Waals surface area contributed by atoms with E-state index in [1.807, 2.05) is 25.1 Å². The summed E-state index contributed by atoms with van der Waals surface area (Å²) < 4.78 is 11.1. The van der Waals surface area contributed by atoms with Crippen LogP contribution in [0, 0.1) is 0 Å². The standard InChI is InChI=1S/C12H16BrNO3/c1-9(7-16-2)14-12(15)8-17-11-6-4-3-5-10(11)13/h3-6,9H,7-8H2,1-2H3,(H,14,15). The van der Waals surface area contributed by atoms with Gasteiger partial charge >= 0.3 is 0 Å². The number of ether oxygens (including phenoxy) is 2. The molecule has 4 nitrogen and oxygen atoms in total. The quantitative estimate of drug-likeness (QED) is 0.874. The maximum Gasteiger partial charge on any atom is 0.258 e. The topological polar surface area (TPSA) is 47.6 Å². The fourth-order valence-electron chi connectivity index (χ4n) is 1.31. The molecule has 1 aromatic carbocycles. The van der Waals surface area contributed by atoms with E-state index in [0.29, 0.717) is 12.4 Å². The molecule has 17 heavy (non-hydrogen) atoms. The van der Waals surface area contributed by atoms with Gasteiger partial charge in [0, 0.05) is 13.2 Å². The molecule has 0 aliphatic heterocycles. The molecule has 1 rings (SSSR count). The minimum atomic E-state index is -0.162. The molecular weight excluding hydrogens is 286 g/mol.